The van der Waals surface area contributed by atoms with Gasteiger partial charge in [0.1, 0.15) is 11.8 Å². The lowest BCUT2D eigenvalue weighted by Gasteiger charge is -2.13. The van der Waals surface area contributed by atoms with E-state index in [0.29, 0.717) is 22.9 Å². The quantitative estimate of drug-likeness (QED) is 0.756. The fraction of sp³-hybridized carbons (Fsp3) is 0.364. The molecule has 1 atom stereocenters. The van der Waals surface area contributed by atoms with E-state index in [1.165, 1.54) is 12.6 Å². The smallest absolute Gasteiger partial charge is 0.329 e. The number of urea groups is 1. The van der Waals surface area contributed by atoms with Gasteiger partial charge >= 0.3 is 6.03 Å². The number of anilines is 1. The molecule has 0 radical (unpaired) electrons. The first kappa shape index (κ1) is 21.9. The number of benzene rings is 1. The lowest BCUT2D eigenvalue weighted by molar-refractivity contribution is -0.117. The van der Waals surface area contributed by atoms with Gasteiger partial charge in [0.25, 0.3) is 5.91 Å². The molecule has 1 N–H and O–H groups in total. The summed E-state index contributed by atoms with van der Waals surface area (Å²) in [6, 6.07) is 9.59. The van der Waals surface area contributed by atoms with Crippen molar-refractivity contribution >= 4 is 17.6 Å². The Morgan fingerprint density at radius 3 is 2.41 bits per heavy atom. The van der Waals surface area contributed by atoms with Gasteiger partial charge in [0.2, 0.25) is 5.88 Å². The van der Waals surface area contributed by atoms with Crippen molar-refractivity contribution in [2.24, 2.45) is 0 Å². The lowest BCUT2D eigenvalue weighted by Crippen LogP contribution is -2.30. The molecule has 0 bridgehead atoms. The summed E-state index contributed by atoms with van der Waals surface area (Å²) in [5.41, 5.74) is 1.89. The van der Waals surface area contributed by atoms with Crippen LogP contribution >= 0.6 is 0 Å². The van der Waals surface area contributed by atoms with Crippen LogP contribution < -0.4 is 15.0 Å². The van der Waals surface area contributed by atoms with Crippen LogP contribution in [0.2, 0.25) is 0 Å². The average Bonchev–Trinajstić information content (AvgIpc) is 2.95. The van der Waals surface area contributed by atoms with Crippen molar-refractivity contribution in [1.29, 1.82) is 5.26 Å². The zero-order valence-corrected chi connectivity index (χ0v) is 17.4. The molecule has 1 aromatic carbocycles. The zero-order chi connectivity index (χ0) is 21.6. The topological polar surface area (TPSA) is 95.3 Å². The summed E-state index contributed by atoms with van der Waals surface area (Å²) in [5.74, 6) is 0.759. The maximum Gasteiger partial charge on any atom is 0.329 e. The van der Waals surface area contributed by atoms with E-state index in [1.807, 2.05) is 19.9 Å². The third-order valence-electron chi connectivity index (χ3n) is 4.10. The first-order valence-corrected chi connectivity index (χ1v) is 9.64. The monoisotopic (exact) mass is 394 g/mol. The molecule has 0 aliphatic carbocycles. The molecule has 1 unspecified atom stereocenters. The normalized spacial score (nSPS) is 15.5. The highest BCUT2D eigenvalue weighted by molar-refractivity contribution is 6.21. The van der Waals surface area contributed by atoms with Gasteiger partial charge < -0.3 is 10.1 Å². The van der Waals surface area contributed by atoms with Gasteiger partial charge in [0.05, 0.1) is 23.5 Å². The third-order valence-corrected chi connectivity index (χ3v) is 4.10. The number of pyridine rings is 1. The molecule has 1 aliphatic heterocycles. The second-order valence-electron chi connectivity index (χ2n) is 7.02. The van der Waals surface area contributed by atoms with Crippen LogP contribution in [0.5, 0.6) is 11.6 Å². The van der Waals surface area contributed by atoms with Crippen LogP contribution in [-0.2, 0) is 4.79 Å². The number of hydrogen-bond donors (Lipinski definition) is 1. The number of hydrogen-bond acceptors (Lipinski definition) is 5. The summed E-state index contributed by atoms with van der Waals surface area (Å²) < 4.78 is 5.74. The van der Waals surface area contributed by atoms with Crippen LogP contribution in [0.3, 0.4) is 0 Å². The van der Waals surface area contributed by atoms with Crippen molar-refractivity contribution in [2.45, 2.75) is 53.0 Å². The molecule has 7 nitrogen and oxygen atoms in total. The number of rotatable bonds is 4. The number of carbonyl (C=O) groups is 2. The summed E-state index contributed by atoms with van der Waals surface area (Å²) in [4.78, 5) is 29.1. The Kier molecular flexibility index (Phi) is 7.32. The molecular weight excluding hydrogens is 368 g/mol. The van der Waals surface area contributed by atoms with Gasteiger partial charge in [-0.05, 0) is 42.7 Å². The standard InChI is InChI=1S/C19H18N4O3.C3H8/c1-11(2)16-8-15(6-4-13(16)9-20)26-17-7-5-14(10-21-17)23-18(24)12(3)22-19(23)25;1-3-2/h4-8,10-12H,1-3H3,(H,22,25);3H2,1-2H3. The van der Waals surface area contributed by atoms with Crippen LogP contribution in [-0.4, -0.2) is 23.0 Å². The Balaban J connectivity index is 0.000000941. The molecule has 0 spiro atoms. The van der Waals surface area contributed by atoms with Gasteiger partial charge in [-0.25, -0.2) is 14.7 Å². The molecule has 29 heavy (non-hydrogen) atoms. The van der Waals surface area contributed by atoms with E-state index >= 15 is 0 Å². The van der Waals surface area contributed by atoms with Gasteiger partial charge in [-0.1, -0.05) is 34.1 Å². The fourth-order valence-corrected chi connectivity index (χ4v) is 2.72. The molecule has 3 rings (SSSR count). The van der Waals surface area contributed by atoms with E-state index in [-0.39, 0.29) is 11.8 Å². The number of imide groups is 1. The Labute approximate surface area is 171 Å². The molecule has 152 valence electrons. The maximum absolute atomic E-state index is 12.0. The Bertz CT molecular complexity index is 917. The van der Waals surface area contributed by atoms with Crippen LogP contribution in [0.4, 0.5) is 10.5 Å². The number of ether oxygens (including phenoxy) is 1. The highest BCUT2D eigenvalue weighted by Gasteiger charge is 2.36. The van der Waals surface area contributed by atoms with Crippen LogP contribution in [0, 0.1) is 11.3 Å². The lowest BCUT2D eigenvalue weighted by atomic mass is 9.98. The van der Waals surface area contributed by atoms with Gasteiger partial charge in [0.15, 0.2) is 0 Å². The Morgan fingerprint density at radius 1 is 1.24 bits per heavy atom. The highest BCUT2D eigenvalue weighted by atomic mass is 16.5. The minimum Gasteiger partial charge on any atom is -0.439 e. The first-order chi connectivity index (χ1) is 13.8. The number of nitriles is 1. The second kappa shape index (κ2) is 9.69. The molecule has 1 aliphatic rings. The molecule has 1 fully saturated rings. The van der Waals surface area contributed by atoms with Crippen LogP contribution in [0.25, 0.3) is 0 Å². The number of carbonyl (C=O) groups excluding carboxylic acids is 2. The van der Waals surface area contributed by atoms with E-state index in [2.05, 4.69) is 30.2 Å². The van der Waals surface area contributed by atoms with Gasteiger partial charge in [-0.15, -0.1) is 0 Å². The largest absolute Gasteiger partial charge is 0.439 e. The first-order valence-electron chi connectivity index (χ1n) is 9.64. The Hall–Kier alpha value is -3.40. The summed E-state index contributed by atoms with van der Waals surface area (Å²) in [7, 11) is 0. The van der Waals surface area contributed by atoms with Gasteiger partial charge in [-0.3, -0.25) is 4.79 Å². The van der Waals surface area contributed by atoms with E-state index in [4.69, 9.17) is 4.74 Å². The van der Waals surface area contributed by atoms with Crippen molar-refractivity contribution in [3.05, 3.63) is 47.7 Å². The maximum atomic E-state index is 12.0. The van der Waals surface area contributed by atoms with E-state index in [0.717, 1.165) is 10.5 Å². The van der Waals surface area contributed by atoms with Crippen molar-refractivity contribution in [3.8, 4) is 17.7 Å². The highest BCUT2D eigenvalue weighted by Crippen LogP contribution is 2.28. The number of aromatic nitrogens is 1. The van der Waals surface area contributed by atoms with E-state index in [1.54, 1.807) is 31.2 Å². The average molecular weight is 394 g/mol. The van der Waals surface area contributed by atoms with Crippen molar-refractivity contribution in [3.63, 3.8) is 0 Å². The molecule has 3 amide bonds. The molecule has 7 heteroatoms. The van der Waals surface area contributed by atoms with Crippen molar-refractivity contribution in [1.82, 2.24) is 10.3 Å². The third kappa shape index (κ3) is 5.11. The minimum atomic E-state index is -0.550. The number of nitrogens with zero attached hydrogens (tertiary/aromatic N) is 3. The van der Waals surface area contributed by atoms with Crippen LogP contribution in [0.1, 0.15) is 58.1 Å². The predicted octanol–water partition coefficient (Wildman–Crippen LogP) is 4.73. The number of nitrogens with one attached hydrogen (secondary N) is 1. The Morgan fingerprint density at radius 2 is 1.93 bits per heavy atom. The van der Waals surface area contributed by atoms with Crippen LogP contribution in [0.15, 0.2) is 36.5 Å². The van der Waals surface area contributed by atoms with Gasteiger partial charge in [-0.2, -0.15) is 5.26 Å². The predicted molar refractivity (Wildman–Crippen MR) is 111 cm³/mol. The van der Waals surface area contributed by atoms with E-state index in [9.17, 15) is 14.9 Å². The van der Waals surface area contributed by atoms with Crippen molar-refractivity contribution in [2.75, 3.05) is 4.90 Å². The van der Waals surface area contributed by atoms with Crippen molar-refractivity contribution < 1.29 is 14.3 Å². The minimum absolute atomic E-state index is 0.185. The zero-order valence-electron chi connectivity index (χ0n) is 17.4. The molecule has 2 heterocycles. The molecule has 1 aromatic heterocycles. The molecule has 2 aromatic rings. The summed E-state index contributed by atoms with van der Waals surface area (Å²) >= 11 is 0. The fourth-order valence-electron chi connectivity index (χ4n) is 2.72. The molecule has 0 saturated carbocycles. The SMILES string of the molecule is CC1NC(=O)N(c2ccc(Oc3ccc(C#N)c(C(C)C)c3)nc2)C1=O.CCC. The summed E-state index contributed by atoms with van der Waals surface area (Å²) in [6.45, 7) is 9.89. The van der Waals surface area contributed by atoms with E-state index < -0.39 is 12.1 Å². The number of amides is 3. The summed E-state index contributed by atoms with van der Waals surface area (Å²) in [6.07, 6.45) is 2.66. The molecule has 1 saturated heterocycles. The summed E-state index contributed by atoms with van der Waals surface area (Å²) in [5, 5.41) is 11.7. The van der Waals surface area contributed by atoms with Gasteiger partial charge in [0, 0.05) is 6.07 Å². The second-order valence-corrected chi connectivity index (χ2v) is 7.02. The molecular formula is C22H26N4O3.